The van der Waals surface area contributed by atoms with E-state index in [1.165, 1.54) is 11.1 Å². The van der Waals surface area contributed by atoms with Crippen LogP contribution in [0.5, 0.6) is 11.5 Å². The molecule has 0 aliphatic carbocycles. The van der Waals surface area contributed by atoms with E-state index < -0.39 is 14.1 Å². The number of halogens is 1. The van der Waals surface area contributed by atoms with E-state index in [1.807, 2.05) is 0 Å². The number of benzene rings is 2. The molecule has 2 aromatic carbocycles. The van der Waals surface area contributed by atoms with Crippen molar-refractivity contribution in [2.75, 3.05) is 0 Å². The molecule has 0 atom stereocenters. The van der Waals surface area contributed by atoms with E-state index in [2.05, 4.69) is 121 Å². The van der Waals surface area contributed by atoms with Gasteiger partial charge in [0.25, 0.3) is 0 Å². The number of hydrogen-bond acceptors (Lipinski definition) is 2. The summed E-state index contributed by atoms with van der Waals surface area (Å²) in [6, 6.07) is 8.88. The Hall–Kier alpha value is -1.60. The van der Waals surface area contributed by atoms with Gasteiger partial charge in [-0.25, -0.2) is 0 Å². The predicted octanol–water partition coefficient (Wildman–Crippen LogP) is 10.2. The Morgan fingerprint density at radius 2 is 0.886 bits per heavy atom. The molecule has 0 radical (unpaired) electrons. The molecule has 3 rings (SSSR count). The van der Waals surface area contributed by atoms with Crippen LogP contribution in [0.2, 0.25) is 0 Å². The van der Waals surface area contributed by atoms with Crippen molar-refractivity contribution in [1.29, 1.82) is 0 Å². The first kappa shape index (κ1) is 28.0. The minimum absolute atomic E-state index is 0.0584. The van der Waals surface area contributed by atoms with E-state index in [9.17, 15) is 0 Å². The maximum Gasteiger partial charge on any atom is 0.505 e. The first-order valence-corrected chi connectivity index (χ1v) is 13.8. The zero-order valence-corrected chi connectivity index (χ0v) is 25.3. The van der Waals surface area contributed by atoms with Crippen molar-refractivity contribution in [3.05, 3.63) is 57.6 Å². The van der Waals surface area contributed by atoms with Crippen LogP contribution < -0.4 is 9.05 Å². The van der Waals surface area contributed by atoms with Crippen LogP contribution in [0.4, 0.5) is 4.20 Å². The Balaban J connectivity index is 2.52. The molecule has 0 spiro atoms. The van der Waals surface area contributed by atoms with E-state index in [-0.39, 0.29) is 21.7 Å². The van der Waals surface area contributed by atoms with E-state index >= 15 is 4.20 Å². The SMILES string of the molecule is CC(C)(C)c1cc(C(C)(C)C)c2c(c1)C(C)(C)c1cc(C(C)(C)C)cc(C(C)(C)C)c1OP(F)O2. The normalized spacial score (nSPS) is 17.0. The second-order valence-electron chi connectivity index (χ2n) is 14.8. The van der Waals surface area contributed by atoms with Gasteiger partial charge in [0.2, 0.25) is 0 Å². The van der Waals surface area contributed by atoms with Gasteiger partial charge in [-0.3, -0.25) is 0 Å². The van der Waals surface area contributed by atoms with Crippen LogP contribution in [0.1, 0.15) is 130 Å². The summed E-state index contributed by atoms with van der Waals surface area (Å²) in [5, 5.41) is 0. The van der Waals surface area contributed by atoms with Crippen molar-refractivity contribution in [3.63, 3.8) is 0 Å². The standard InChI is InChI=1S/C31H46FO2P/c1-27(2,3)19-15-21(29(7,8)9)25-23(17-19)31(13,14)24-18-20(28(4,5)6)16-22(30(10,11)12)26(24)34-35(32)33-25/h15-18H,1-14H3. The van der Waals surface area contributed by atoms with Crippen molar-refractivity contribution < 1.29 is 13.2 Å². The summed E-state index contributed by atoms with van der Waals surface area (Å²) in [6.45, 7) is 30.8. The molecule has 2 nitrogen and oxygen atoms in total. The molecular weight excluding hydrogens is 454 g/mol. The number of rotatable bonds is 0. The van der Waals surface area contributed by atoms with Gasteiger partial charge in [-0.15, -0.1) is 4.20 Å². The zero-order valence-electron chi connectivity index (χ0n) is 24.5. The fourth-order valence-corrected chi connectivity index (χ4v) is 5.39. The van der Waals surface area contributed by atoms with Gasteiger partial charge in [-0.05, 0) is 32.8 Å². The molecule has 0 saturated heterocycles. The molecule has 1 aliphatic rings. The lowest BCUT2D eigenvalue weighted by Gasteiger charge is -2.39. The Morgan fingerprint density at radius 3 is 1.14 bits per heavy atom. The van der Waals surface area contributed by atoms with Crippen molar-refractivity contribution in [1.82, 2.24) is 0 Å². The van der Waals surface area contributed by atoms with E-state index in [1.54, 1.807) is 0 Å². The summed E-state index contributed by atoms with van der Waals surface area (Å²) < 4.78 is 27.9. The van der Waals surface area contributed by atoms with Crippen molar-refractivity contribution in [3.8, 4) is 11.5 Å². The molecule has 0 saturated carbocycles. The molecule has 0 unspecified atom stereocenters. The van der Waals surface area contributed by atoms with Gasteiger partial charge in [0, 0.05) is 27.7 Å². The number of fused-ring (bicyclic) bond motifs is 2. The van der Waals surface area contributed by atoms with E-state index in [0.29, 0.717) is 11.5 Å². The maximum atomic E-state index is 15.7. The summed E-state index contributed by atoms with van der Waals surface area (Å²) in [5.74, 6) is 1.27. The molecule has 35 heavy (non-hydrogen) atoms. The van der Waals surface area contributed by atoms with Gasteiger partial charge in [0.1, 0.15) is 11.5 Å². The summed E-state index contributed by atoms with van der Waals surface area (Å²) in [6.07, 6.45) is 0. The van der Waals surface area contributed by atoms with Crippen molar-refractivity contribution >= 4 is 8.69 Å². The molecule has 0 N–H and O–H groups in total. The van der Waals surface area contributed by atoms with Gasteiger partial charge >= 0.3 is 8.69 Å². The first-order chi connectivity index (χ1) is 15.5. The lowest BCUT2D eigenvalue weighted by atomic mass is 9.69. The summed E-state index contributed by atoms with van der Waals surface area (Å²) >= 11 is 0. The third kappa shape index (κ3) is 5.41. The predicted molar refractivity (Wildman–Crippen MR) is 149 cm³/mol. The van der Waals surface area contributed by atoms with Crippen molar-refractivity contribution in [2.24, 2.45) is 0 Å². The van der Waals surface area contributed by atoms with Crippen LogP contribution in [0.15, 0.2) is 24.3 Å². The summed E-state index contributed by atoms with van der Waals surface area (Å²) in [7, 11) is -2.65. The maximum absolute atomic E-state index is 15.7. The van der Waals surface area contributed by atoms with Gasteiger partial charge < -0.3 is 9.05 Å². The third-order valence-electron chi connectivity index (χ3n) is 7.20. The minimum atomic E-state index is -2.65. The Bertz CT molecular complexity index is 1030. The molecule has 0 bridgehead atoms. The summed E-state index contributed by atoms with van der Waals surface area (Å²) in [4.78, 5) is 0. The van der Waals surface area contributed by atoms with E-state index in [0.717, 1.165) is 22.3 Å². The molecule has 1 aliphatic heterocycles. The Labute approximate surface area is 215 Å². The third-order valence-corrected chi connectivity index (χ3v) is 7.85. The lowest BCUT2D eigenvalue weighted by molar-refractivity contribution is 0.391. The average molecular weight is 501 g/mol. The van der Waals surface area contributed by atoms with Crippen LogP contribution in [-0.4, -0.2) is 0 Å². The molecule has 2 aromatic rings. The van der Waals surface area contributed by atoms with Crippen LogP contribution in [0.3, 0.4) is 0 Å². The highest BCUT2D eigenvalue weighted by Crippen LogP contribution is 2.57. The molecule has 1 heterocycles. The molecule has 0 amide bonds. The van der Waals surface area contributed by atoms with Gasteiger partial charge in [-0.1, -0.05) is 121 Å². The van der Waals surface area contributed by atoms with Gasteiger partial charge in [-0.2, -0.15) is 0 Å². The van der Waals surface area contributed by atoms with Crippen LogP contribution in [0.25, 0.3) is 0 Å². The van der Waals surface area contributed by atoms with Crippen LogP contribution >= 0.6 is 8.69 Å². The first-order valence-electron chi connectivity index (χ1n) is 12.8. The van der Waals surface area contributed by atoms with Crippen molar-refractivity contribution in [2.45, 2.75) is 124 Å². The largest absolute Gasteiger partial charge is 0.505 e. The minimum Gasteiger partial charge on any atom is -0.414 e. The number of hydrogen-bond donors (Lipinski definition) is 0. The van der Waals surface area contributed by atoms with Crippen LogP contribution in [-0.2, 0) is 27.1 Å². The molecule has 0 aromatic heterocycles. The smallest absolute Gasteiger partial charge is 0.414 e. The highest BCUT2D eigenvalue weighted by atomic mass is 31.2. The molecule has 4 heteroatoms. The second kappa shape index (κ2) is 8.47. The Morgan fingerprint density at radius 1 is 0.571 bits per heavy atom. The molecule has 194 valence electrons. The fourth-order valence-electron chi connectivity index (χ4n) is 4.67. The average Bonchev–Trinajstić information content (AvgIpc) is 2.63. The highest BCUT2D eigenvalue weighted by Gasteiger charge is 2.41. The topological polar surface area (TPSA) is 18.5 Å². The quantitative estimate of drug-likeness (QED) is 0.335. The monoisotopic (exact) mass is 500 g/mol. The van der Waals surface area contributed by atoms with Gasteiger partial charge in [0.05, 0.1) is 0 Å². The molecular formula is C31H46FO2P. The lowest BCUT2D eigenvalue weighted by Crippen LogP contribution is -2.29. The summed E-state index contributed by atoms with van der Waals surface area (Å²) in [5.41, 5.74) is 5.52. The fraction of sp³-hybridized carbons (Fsp3) is 0.613. The zero-order chi connectivity index (χ0) is 26.9. The second-order valence-corrected chi connectivity index (χ2v) is 15.6. The van der Waals surface area contributed by atoms with E-state index in [4.69, 9.17) is 9.05 Å². The molecule has 0 fully saturated rings. The Kier molecular flexibility index (Phi) is 6.77. The van der Waals surface area contributed by atoms with Gasteiger partial charge in [0.15, 0.2) is 0 Å². The highest BCUT2D eigenvalue weighted by molar-refractivity contribution is 7.42. The van der Waals surface area contributed by atoms with Crippen LogP contribution in [0, 0.1) is 0 Å².